The number of benzene rings is 2. The van der Waals surface area contributed by atoms with Crippen molar-refractivity contribution in [3.05, 3.63) is 81.7 Å². The second-order valence-electron chi connectivity index (χ2n) is 5.87. The van der Waals surface area contributed by atoms with Crippen LogP contribution in [0.4, 0.5) is 5.69 Å². The summed E-state index contributed by atoms with van der Waals surface area (Å²) in [5.74, 6) is -1.51. The van der Waals surface area contributed by atoms with E-state index in [1.807, 2.05) is 37.3 Å². The van der Waals surface area contributed by atoms with E-state index in [1.165, 1.54) is 17.4 Å². The molecule has 0 spiro atoms. The Balaban J connectivity index is 1.85. The van der Waals surface area contributed by atoms with E-state index >= 15 is 0 Å². The quantitative estimate of drug-likeness (QED) is 0.540. The fourth-order valence-corrected chi connectivity index (χ4v) is 3.73. The van der Waals surface area contributed by atoms with Gasteiger partial charge in [0.2, 0.25) is 5.91 Å². The van der Waals surface area contributed by atoms with Crippen molar-refractivity contribution >= 4 is 46.6 Å². The van der Waals surface area contributed by atoms with Gasteiger partial charge in [0.25, 0.3) is 0 Å². The maximum atomic E-state index is 12.2. The van der Waals surface area contributed by atoms with E-state index in [0.29, 0.717) is 15.5 Å². The third kappa shape index (κ3) is 4.45. The SMILES string of the molecule is Cc1ccc(-c2scc(NC(=O)C=Cc3ccccc3Cl)c2C(=O)O)cc1. The van der Waals surface area contributed by atoms with Crippen molar-refractivity contribution in [1.29, 1.82) is 0 Å². The highest BCUT2D eigenvalue weighted by Gasteiger charge is 2.20. The third-order valence-electron chi connectivity index (χ3n) is 3.90. The normalized spacial score (nSPS) is 10.9. The fourth-order valence-electron chi connectivity index (χ4n) is 2.53. The molecule has 0 aliphatic heterocycles. The Hall–Kier alpha value is -2.89. The number of aryl methyl sites for hydroxylation is 1. The standard InChI is InChI=1S/C21H16ClNO3S/c1-13-6-8-15(9-7-13)20-19(21(25)26)17(12-27-20)23-18(24)11-10-14-4-2-3-5-16(14)22/h2-12H,1H3,(H,23,24)(H,25,26). The van der Waals surface area contributed by atoms with Crippen LogP contribution in [0, 0.1) is 6.92 Å². The molecule has 0 atom stereocenters. The number of carboxylic acid groups (broad SMARTS) is 1. The van der Waals surface area contributed by atoms with Gasteiger partial charge < -0.3 is 10.4 Å². The Morgan fingerprint density at radius 2 is 1.81 bits per heavy atom. The van der Waals surface area contributed by atoms with E-state index in [1.54, 1.807) is 29.7 Å². The molecule has 0 saturated carbocycles. The number of nitrogens with one attached hydrogen (secondary N) is 1. The summed E-state index contributed by atoms with van der Waals surface area (Å²) >= 11 is 7.34. The summed E-state index contributed by atoms with van der Waals surface area (Å²) < 4.78 is 0. The lowest BCUT2D eigenvalue weighted by Gasteiger charge is -2.05. The minimum Gasteiger partial charge on any atom is -0.478 e. The topological polar surface area (TPSA) is 66.4 Å². The van der Waals surface area contributed by atoms with Crippen molar-refractivity contribution in [3.8, 4) is 10.4 Å². The largest absolute Gasteiger partial charge is 0.478 e. The van der Waals surface area contributed by atoms with Gasteiger partial charge in [-0.05, 0) is 30.2 Å². The van der Waals surface area contributed by atoms with Crippen LogP contribution in [0.15, 0.2) is 60.0 Å². The molecule has 2 aromatic carbocycles. The van der Waals surface area contributed by atoms with Gasteiger partial charge in [0, 0.05) is 16.5 Å². The maximum Gasteiger partial charge on any atom is 0.339 e. The zero-order valence-electron chi connectivity index (χ0n) is 14.4. The molecule has 0 aliphatic rings. The lowest BCUT2D eigenvalue weighted by atomic mass is 10.1. The molecule has 1 amide bonds. The minimum absolute atomic E-state index is 0.0864. The minimum atomic E-state index is -1.09. The average molecular weight is 398 g/mol. The summed E-state index contributed by atoms with van der Waals surface area (Å²) in [4.78, 5) is 24.6. The monoisotopic (exact) mass is 397 g/mol. The molecule has 0 radical (unpaired) electrons. The molecule has 3 aromatic rings. The number of aromatic carboxylic acids is 1. The van der Waals surface area contributed by atoms with Crippen LogP contribution in [-0.4, -0.2) is 17.0 Å². The van der Waals surface area contributed by atoms with E-state index in [9.17, 15) is 14.7 Å². The van der Waals surface area contributed by atoms with Gasteiger partial charge in [-0.2, -0.15) is 0 Å². The summed E-state index contributed by atoms with van der Waals surface area (Å²) in [5.41, 5.74) is 2.96. The molecule has 3 rings (SSSR count). The van der Waals surface area contributed by atoms with Crippen LogP contribution in [0.2, 0.25) is 5.02 Å². The number of hydrogen-bond acceptors (Lipinski definition) is 3. The Morgan fingerprint density at radius 3 is 2.48 bits per heavy atom. The Morgan fingerprint density at radius 1 is 1.11 bits per heavy atom. The van der Waals surface area contributed by atoms with E-state index < -0.39 is 11.9 Å². The van der Waals surface area contributed by atoms with Crippen molar-refractivity contribution in [3.63, 3.8) is 0 Å². The third-order valence-corrected chi connectivity index (χ3v) is 5.27. The molecule has 0 fully saturated rings. The molecule has 0 bridgehead atoms. The molecule has 0 saturated heterocycles. The highest BCUT2D eigenvalue weighted by Crippen LogP contribution is 2.36. The predicted molar refractivity (Wildman–Crippen MR) is 111 cm³/mol. The van der Waals surface area contributed by atoms with E-state index in [-0.39, 0.29) is 11.3 Å². The van der Waals surface area contributed by atoms with Gasteiger partial charge in [0.05, 0.1) is 10.6 Å². The number of carbonyl (C=O) groups excluding carboxylic acids is 1. The first-order valence-corrected chi connectivity index (χ1v) is 9.37. The average Bonchev–Trinajstić information content (AvgIpc) is 3.05. The molecule has 2 N–H and O–H groups in total. The van der Waals surface area contributed by atoms with Crippen LogP contribution < -0.4 is 5.32 Å². The highest BCUT2D eigenvalue weighted by atomic mass is 35.5. The second kappa shape index (κ2) is 8.20. The molecular weight excluding hydrogens is 382 g/mol. The summed E-state index contributed by atoms with van der Waals surface area (Å²) in [6.07, 6.45) is 2.92. The molecule has 0 aliphatic carbocycles. The molecule has 0 unspecified atom stereocenters. The first kappa shape index (κ1) is 18.9. The number of thiophene rings is 1. The van der Waals surface area contributed by atoms with Crippen molar-refractivity contribution in [2.24, 2.45) is 0 Å². The molecule has 27 heavy (non-hydrogen) atoms. The zero-order chi connectivity index (χ0) is 19.4. The highest BCUT2D eigenvalue weighted by molar-refractivity contribution is 7.14. The van der Waals surface area contributed by atoms with Crippen molar-refractivity contribution in [2.45, 2.75) is 6.92 Å². The first-order valence-electron chi connectivity index (χ1n) is 8.11. The lowest BCUT2D eigenvalue weighted by molar-refractivity contribution is -0.111. The van der Waals surface area contributed by atoms with Crippen LogP contribution in [-0.2, 0) is 4.79 Å². The Labute approximate surface area is 165 Å². The molecule has 1 heterocycles. The zero-order valence-corrected chi connectivity index (χ0v) is 16.0. The fraction of sp³-hybridized carbons (Fsp3) is 0.0476. The molecular formula is C21H16ClNO3S. The number of anilines is 1. The van der Waals surface area contributed by atoms with Crippen LogP contribution in [0.5, 0.6) is 0 Å². The summed E-state index contributed by atoms with van der Waals surface area (Å²) in [7, 11) is 0. The van der Waals surface area contributed by atoms with Gasteiger partial charge in [-0.3, -0.25) is 4.79 Å². The van der Waals surface area contributed by atoms with Crippen molar-refractivity contribution in [2.75, 3.05) is 5.32 Å². The summed E-state index contributed by atoms with van der Waals surface area (Å²) in [6, 6.07) is 14.7. The van der Waals surface area contributed by atoms with Crippen LogP contribution in [0.1, 0.15) is 21.5 Å². The lowest BCUT2D eigenvalue weighted by Crippen LogP contribution is -2.11. The van der Waals surface area contributed by atoms with Gasteiger partial charge in [-0.25, -0.2) is 4.79 Å². The maximum absolute atomic E-state index is 12.2. The Kier molecular flexibility index (Phi) is 5.74. The number of carbonyl (C=O) groups is 2. The molecule has 6 heteroatoms. The van der Waals surface area contributed by atoms with Crippen LogP contribution in [0.25, 0.3) is 16.5 Å². The number of rotatable bonds is 5. The van der Waals surface area contributed by atoms with Gasteiger partial charge in [-0.15, -0.1) is 11.3 Å². The van der Waals surface area contributed by atoms with Crippen molar-refractivity contribution < 1.29 is 14.7 Å². The van der Waals surface area contributed by atoms with Gasteiger partial charge in [-0.1, -0.05) is 59.6 Å². The Bertz CT molecular complexity index is 1020. The van der Waals surface area contributed by atoms with Gasteiger partial charge in [0.15, 0.2) is 0 Å². The van der Waals surface area contributed by atoms with Gasteiger partial charge in [0.1, 0.15) is 5.56 Å². The number of hydrogen-bond donors (Lipinski definition) is 2. The smallest absolute Gasteiger partial charge is 0.339 e. The first-order chi connectivity index (χ1) is 13.0. The second-order valence-corrected chi connectivity index (χ2v) is 7.16. The van der Waals surface area contributed by atoms with Crippen LogP contribution >= 0.6 is 22.9 Å². The van der Waals surface area contributed by atoms with E-state index in [4.69, 9.17) is 11.6 Å². The van der Waals surface area contributed by atoms with E-state index in [0.717, 1.165) is 11.1 Å². The molecule has 4 nitrogen and oxygen atoms in total. The summed E-state index contributed by atoms with van der Waals surface area (Å²) in [5, 5.41) is 14.4. The number of amides is 1. The number of carboxylic acids is 1. The molecule has 136 valence electrons. The predicted octanol–water partition coefficient (Wildman–Crippen LogP) is 5.73. The number of halogens is 1. The van der Waals surface area contributed by atoms with Crippen LogP contribution in [0.3, 0.4) is 0 Å². The molecule has 1 aromatic heterocycles. The van der Waals surface area contributed by atoms with Gasteiger partial charge >= 0.3 is 5.97 Å². The van der Waals surface area contributed by atoms with E-state index in [2.05, 4.69) is 5.32 Å². The summed E-state index contributed by atoms with van der Waals surface area (Å²) in [6.45, 7) is 1.97. The van der Waals surface area contributed by atoms with Crippen molar-refractivity contribution in [1.82, 2.24) is 0 Å².